The van der Waals surface area contributed by atoms with E-state index in [4.69, 9.17) is 9.47 Å². The van der Waals surface area contributed by atoms with E-state index in [-0.39, 0.29) is 12.0 Å². The lowest BCUT2D eigenvalue weighted by molar-refractivity contribution is 0.0522. The van der Waals surface area contributed by atoms with E-state index in [0.29, 0.717) is 18.3 Å². The number of hydrogen-bond donors (Lipinski definition) is 0. The molecule has 1 saturated heterocycles. The van der Waals surface area contributed by atoms with Crippen LogP contribution < -0.4 is 9.47 Å². The van der Waals surface area contributed by atoms with E-state index >= 15 is 0 Å². The number of carbonyl (C=O) groups is 1. The van der Waals surface area contributed by atoms with Gasteiger partial charge in [-0.15, -0.1) is 11.8 Å². The van der Waals surface area contributed by atoms with E-state index in [9.17, 15) is 4.79 Å². The van der Waals surface area contributed by atoms with Gasteiger partial charge in [-0.3, -0.25) is 9.78 Å². The van der Waals surface area contributed by atoms with Crippen LogP contribution in [0, 0.1) is 0 Å². The van der Waals surface area contributed by atoms with Gasteiger partial charge in [0, 0.05) is 11.4 Å². The van der Waals surface area contributed by atoms with Crippen LogP contribution in [-0.2, 0) is 0 Å². The maximum Gasteiger partial charge on any atom is 0.255 e. The Balaban J connectivity index is 1.69. The number of methoxy groups -OCH3 is 1. The molecule has 1 aliphatic rings. The van der Waals surface area contributed by atoms with Crippen molar-refractivity contribution >= 4 is 17.7 Å². The Hall–Kier alpha value is -2.28. The molecule has 1 atom stereocenters. The highest BCUT2D eigenvalue weighted by atomic mass is 32.2. The van der Waals surface area contributed by atoms with Gasteiger partial charge in [-0.05, 0) is 30.7 Å². The molecule has 6 nitrogen and oxygen atoms in total. The summed E-state index contributed by atoms with van der Waals surface area (Å²) in [5.74, 6) is 1.83. The van der Waals surface area contributed by atoms with E-state index in [1.54, 1.807) is 25.1 Å². The molecule has 1 aromatic carbocycles. The molecule has 2 aromatic rings. The Bertz CT molecular complexity index is 756. The zero-order chi connectivity index (χ0) is 18.4. The number of carbonyl (C=O) groups excluding carboxylic acids is 1. The van der Waals surface area contributed by atoms with Crippen LogP contribution in [0.1, 0.15) is 30.1 Å². The van der Waals surface area contributed by atoms with E-state index in [1.165, 1.54) is 6.20 Å². The van der Waals surface area contributed by atoms with Crippen molar-refractivity contribution in [1.29, 1.82) is 0 Å². The maximum absolute atomic E-state index is 13.0. The first-order valence-electron chi connectivity index (χ1n) is 8.75. The van der Waals surface area contributed by atoms with Crippen molar-refractivity contribution < 1.29 is 14.3 Å². The minimum absolute atomic E-state index is 0.0616. The summed E-state index contributed by atoms with van der Waals surface area (Å²) in [6, 6.07) is 7.79. The molecule has 1 unspecified atom stereocenters. The fourth-order valence-corrected chi connectivity index (χ4v) is 3.77. The minimum Gasteiger partial charge on any atom is -0.480 e. The molecule has 0 radical (unpaired) electrons. The summed E-state index contributed by atoms with van der Waals surface area (Å²) in [5.41, 5.74) is 0.765. The second kappa shape index (κ2) is 8.89. The zero-order valence-corrected chi connectivity index (χ0v) is 15.9. The van der Waals surface area contributed by atoms with Gasteiger partial charge >= 0.3 is 0 Å². The van der Waals surface area contributed by atoms with Crippen LogP contribution in [0.5, 0.6) is 11.8 Å². The molecule has 0 saturated carbocycles. The standard InChI is InChI=1S/C19H23N3O3S/c1-3-26-16-9-5-4-8-15(16)19(23)22-10-6-7-14(13-22)25-18-12-20-11-17(21-18)24-2/h4-5,8-9,11-12,14H,3,6-7,10,13H2,1-2H3. The third-order valence-electron chi connectivity index (χ3n) is 4.17. The molecule has 0 N–H and O–H groups in total. The molecule has 1 aromatic heterocycles. The highest BCUT2D eigenvalue weighted by Gasteiger charge is 2.27. The molecule has 1 fully saturated rings. The van der Waals surface area contributed by atoms with Crippen LogP contribution >= 0.6 is 11.8 Å². The second-order valence-electron chi connectivity index (χ2n) is 5.96. The third kappa shape index (κ3) is 4.46. The van der Waals surface area contributed by atoms with Crippen molar-refractivity contribution in [2.24, 2.45) is 0 Å². The average molecular weight is 373 g/mol. The SMILES string of the molecule is CCSc1ccccc1C(=O)N1CCCC(Oc2cncc(OC)n2)C1. The highest BCUT2D eigenvalue weighted by molar-refractivity contribution is 7.99. The van der Waals surface area contributed by atoms with Crippen molar-refractivity contribution in [3.05, 3.63) is 42.2 Å². The summed E-state index contributed by atoms with van der Waals surface area (Å²) < 4.78 is 11.0. The Labute approximate surface area is 157 Å². The van der Waals surface area contributed by atoms with Gasteiger partial charge in [0.15, 0.2) is 0 Å². The van der Waals surface area contributed by atoms with Crippen molar-refractivity contribution in [2.75, 3.05) is 26.0 Å². The highest BCUT2D eigenvalue weighted by Crippen LogP contribution is 2.25. The quantitative estimate of drug-likeness (QED) is 0.724. The molecule has 0 spiro atoms. The van der Waals surface area contributed by atoms with Gasteiger partial charge in [0.2, 0.25) is 11.8 Å². The smallest absolute Gasteiger partial charge is 0.255 e. The topological polar surface area (TPSA) is 64.6 Å². The molecule has 0 bridgehead atoms. The molecule has 7 heteroatoms. The minimum atomic E-state index is -0.0971. The molecule has 0 aliphatic carbocycles. The van der Waals surface area contributed by atoms with Gasteiger partial charge in [-0.1, -0.05) is 19.1 Å². The zero-order valence-electron chi connectivity index (χ0n) is 15.1. The van der Waals surface area contributed by atoms with Crippen LogP contribution in [0.15, 0.2) is 41.6 Å². The van der Waals surface area contributed by atoms with Gasteiger partial charge in [0.05, 0.1) is 31.6 Å². The average Bonchev–Trinajstić information content (AvgIpc) is 2.68. The number of piperidine rings is 1. The number of hydrogen-bond acceptors (Lipinski definition) is 6. The molecule has 3 rings (SSSR count). The van der Waals surface area contributed by atoms with E-state index in [0.717, 1.165) is 35.6 Å². The van der Waals surface area contributed by atoms with Gasteiger partial charge in [0.25, 0.3) is 5.91 Å². The molecular formula is C19H23N3O3S. The lowest BCUT2D eigenvalue weighted by Gasteiger charge is -2.33. The summed E-state index contributed by atoms with van der Waals surface area (Å²) in [6.07, 6.45) is 4.79. The van der Waals surface area contributed by atoms with E-state index in [1.807, 2.05) is 29.2 Å². The maximum atomic E-state index is 13.0. The number of likely N-dealkylation sites (tertiary alicyclic amines) is 1. The summed E-state index contributed by atoms with van der Waals surface area (Å²) in [4.78, 5) is 24.2. The summed E-state index contributed by atoms with van der Waals surface area (Å²) >= 11 is 1.69. The second-order valence-corrected chi connectivity index (χ2v) is 7.27. The largest absolute Gasteiger partial charge is 0.480 e. The van der Waals surface area contributed by atoms with Crippen LogP contribution in [0.4, 0.5) is 0 Å². The van der Waals surface area contributed by atoms with Gasteiger partial charge in [0.1, 0.15) is 6.10 Å². The lowest BCUT2D eigenvalue weighted by atomic mass is 10.1. The van der Waals surface area contributed by atoms with Crippen molar-refractivity contribution in [3.63, 3.8) is 0 Å². The van der Waals surface area contributed by atoms with Crippen molar-refractivity contribution in [2.45, 2.75) is 30.8 Å². The number of benzene rings is 1. The molecule has 1 amide bonds. The fourth-order valence-electron chi connectivity index (χ4n) is 2.97. The Morgan fingerprint density at radius 2 is 2.12 bits per heavy atom. The fraction of sp³-hybridized carbons (Fsp3) is 0.421. The normalized spacial score (nSPS) is 17.0. The summed E-state index contributed by atoms with van der Waals surface area (Å²) in [6.45, 7) is 3.38. The monoisotopic (exact) mass is 373 g/mol. The van der Waals surface area contributed by atoms with Crippen LogP contribution in [-0.4, -0.2) is 52.8 Å². The third-order valence-corrected chi connectivity index (χ3v) is 5.13. The van der Waals surface area contributed by atoms with Crippen LogP contribution in [0.2, 0.25) is 0 Å². The number of nitrogens with zero attached hydrogens (tertiary/aromatic N) is 3. The number of aromatic nitrogens is 2. The first kappa shape index (κ1) is 18.5. The lowest BCUT2D eigenvalue weighted by Crippen LogP contribution is -2.44. The Kier molecular flexibility index (Phi) is 6.33. The molecule has 2 heterocycles. The van der Waals surface area contributed by atoms with Gasteiger partial charge in [-0.25, -0.2) is 0 Å². The predicted octanol–water partition coefficient (Wildman–Crippen LogP) is 3.28. The Morgan fingerprint density at radius 3 is 2.92 bits per heavy atom. The van der Waals surface area contributed by atoms with Gasteiger partial charge in [-0.2, -0.15) is 4.98 Å². The van der Waals surface area contributed by atoms with Gasteiger partial charge < -0.3 is 14.4 Å². The number of ether oxygens (including phenoxy) is 2. The first-order chi connectivity index (χ1) is 12.7. The van der Waals surface area contributed by atoms with Crippen molar-refractivity contribution in [1.82, 2.24) is 14.9 Å². The molecule has 1 aliphatic heterocycles. The van der Waals surface area contributed by atoms with E-state index < -0.39 is 0 Å². The van der Waals surface area contributed by atoms with E-state index in [2.05, 4.69) is 16.9 Å². The summed E-state index contributed by atoms with van der Waals surface area (Å²) in [7, 11) is 1.54. The Morgan fingerprint density at radius 1 is 1.31 bits per heavy atom. The predicted molar refractivity (Wildman–Crippen MR) is 101 cm³/mol. The molecule has 138 valence electrons. The van der Waals surface area contributed by atoms with Crippen LogP contribution in [0.25, 0.3) is 0 Å². The first-order valence-corrected chi connectivity index (χ1v) is 9.73. The number of rotatable bonds is 6. The molecule has 26 heavy (non-hydrogen) atoms. The molecular weight excluding hydrogens is 350 g/mol. The van der Waals surface area contributed by atoms with Crippen molar-refractivity contribution in [3.8, 4) is 11.8 Å². The van der Waals surface area contributed by atoms with Crippen LogP contribution in [0.3, 0.4) is 0 Å². The number of amides is 1. The number of thioether (sulfide) groups is 1. The summed E-state index contributed by atoms with van der Waals surface area (Å²) in [5, 5.41) is 0.